The Morgan fingerprint density at radius 1 is 0.964 bits per heavy atom. The quantitative estimate of drug-likeness (QED) is 0.458. The van der Waals surface area contributed by atoms with Crippen LogP contribution >= 0.6 is 11.6 Å². The molecule has 2 aliphatic carbocycles. The van der Waals surface area contributed by atoms with E-state index in [0.717, 1.165) is 114 Å². The second-order valence-electron chi connectivity index (χ2n) is 17.7. The Bertz CT molecular complexity index is 2000. The molecule has 1 N–H and O–H groups in total. The van der Waals surface area contributed by atoms with Crippen molar-refractivity contribution in [3.8, 4) is 5.75 Å². The molecule has 302 valence electrons. The van der Waals surface area contributed by atoms with Crippen LogP contribution in [0.2, 0.25) is 5.02 Å². The van der Waals surface area contributed by atoms with Crippen LogP contribution in [0.15, 0.2) is 36.4 Å². The third-order valence-corrected chi connectivity index (χ3v) is 17.7. The first-order chi connectivity index (χ1) is 26.2. The minimum Gasteiger partial charge on any atom is -0.490 e. The molecule has 7 atom stereocenters. The summed E-state index contributed by atoms with van der Waals surface area (Å²) in [5.74, 6) is 1.40. The zero-order chi connectivity index (χ0) is 38.7. The number of hydrogen-bond donors (Lipinski definition) is 1. The number of aryl methyl sites for hydroxylation is 1. The molecule has 2 aromatic rings. The van der Waals surface area contributed by atoms with Crippen LogP contribution < -0.4 is 14.4 Å². The summed E-state index contributed by atoms with van der Waals surface area (Å²) in [5.41, 5.74) is 3.47. The molecule has 1 spiro atoms. The minimum atomic E-state index is -3.92. The Balaban J connectivity index is 1.12. The molecule has 3 fully saturated rings. The van der Waals surface area contributed by atoms with Crippen LogP contribution in [0.5, 0.6) is 5.75 Å². The van der Waals surface area contributed by atoms with Gasteiger partial charge in [-0.05, 0) is 117 Å². The topological polar surface area (TPSA) is 120 Å². The van der Waals surface area contributed by atoms with E-state index < -0.39 is 31.2 Å². The Morgan fingerprint density at radius 2 is 1.78 bits per heavy atom. The van der Waals surface area contributed by atoms with Crippen LogP contribution in [0, 0.1) is 23.7 Å². The fraction of sp³-hybridized carbons (Fsp3) is 0.683. The molecule has 1 saturated carbocycles. The fourth-order valence-corrected chi connectivity index (χ4v) is 13.1. The van der Waals surface area contributed by atoms with E-state index in [2.05, 4.69) is 31.6 Å². The van der Waals surface area contributed by atoms with Gasteiger partial charge < -0.3 is 14.5 Å². The van der Waals surface area contributed by atoms with E-state index in [-0.39, 0.29) is 17.4 Å². The third-order valence-electron chi connectivity index (χ3n) is 14.3. The van der Waals surface area contributed by atoms with Crippen LogP contribution in [0.1, 0.15) is 80.3 Å². The lowest BCUT2D eigenvalue weighted by Crippen LogP contribution is -2.63. The molecule has 4 aliphatic heterocycles. The maximum Gasteiger partial charge on any atom is 0.264 e. The number of rotatable bonds is 3. The van der Waals surface area contributed by atoms with Crippen molar-refractivity contribution in [2.24, 2.45) is 23.7 Å². The first-order valence-corrected chi connectivity index (χ1v) is 24.2. The average Bonchev–Trinajstić information content (AvgIpc) is 3.28. The number of benzene rings is 2. The van der Waals surface area contributed by atoms with Crippen molar-refractivity contribution in [2.75, 3.05) is 76.7 Å². The van der Waals surface area contributed by atoms with Crippen LogP contribution in [-0.2, 0) is 31.9 Å². The van der Waals surface area contributed by atoms with Gasteiger partial charge in [0.2, 0.25) is 20.0 Å². The minimum absolute atomic E-state index is 0.121. The van der Waals surface area contributed by atoms with Crippen LogP contribution in [-0.4, -0.2) is 120 Å². The molecule has 2 saturated heterocycles. The van der Waals surface area contributed by atoms with Crippen molar-refractivity contribution >= 4 is 43.2 Å². The number of carbonyl (C=O) groups excluding carboxylic acids is 1. The highest BCUT2D eigenvalue weighted by Crippen LogP contribution is 2.48. The van der Waals surface area contributed by atoms with Gasteiger partial charge in [-0.3, -0.25) is 9.69 Å². The maximum absolute atomic E-state index is 13.7. The lowest BCUT2D eigenvalue weighted by atomic mass is 9.65. The van der Waals surface area contributed by atoms with E-state index in [1.807, 2.05) is 25.1 Å². The van der Waals surface area contributed by atoms with Gasteiger partial charge in [-0.25, -0.2) is 21.6 Å². The molecule has 1 amide bonds. The van der Waals surface area contributed by atoms with Crippen LogP contribution in [0.3, 0.4) is 0 Å². The summed E-state index contributed by atoms with van der Waals surface area (Å²) in [6, 6.07) is 11.8. The molecule has 0 aromatic heterocycles. The van der Waals surface area contributed by atoms with Crippen LogP contribution in [0.4, 0.5) is 5.69 Å². The SMILES string of the molecule is C[C@@H]1[C@@H](C)CCC[C@H](CN2CCN3CCN(S(C)(=O)=O)C[C@@H]3C2)[C@@H]2CC[C@H]2CN2C[C@@]3(CCCc4cc(Cl)ccc43)COc3ccc(cc32)C(=O)NS1(=O)=O. The Kier molecular flexibility index (Phi) is 11.0. The van der Waals surface area contributed by atoms with Gasteiger partial charge in [0, 0.05) is 80.9 Å². The predicted octanol–water partition coefficient (Wildman–Crippen LogP) is 4.99. The molecule has 8 rings (SSSR count). The molecule has 2 bridgehead atoms. The third kappa shape index (κ3) is 8.04. The van der Waals surface area contributed by atoms with E-state index >= 15 is 0 Å². The second-order valence-corrected chi connectivity index (χ2v) is 22.2. The number of fused-ring (bicyclic) bond motifs is 5. The van der Waals surface area contributed by atoms with Crippen molar-refractivity contribution in [3.05, 3.63) is 58.1 Å². The molecule has 2 aromatic carbocycles. The maximum atomic E-state index is 13.7. The number of anilines is 1. The summed E-state index contributed by atoms with van der Waals surface area (Å²) in [6.45, 7) is 11.4. The largest absolute Gasteiger partial charge is 0.490 e. The monoisotopic (exact) mass is 815 g/mol. The highest BCUT2D eigenvalue weighted by Gasteiger charge is 2.45. The lowest BCUT2D eigenvalue weighted by Gasteiger charge is -2.50. The Morgan fingerprint density at radius 3 is 2.56 bits per heavy atom. The van der Waals surface area contributed by atoms with E-state index in [4.69, 9.17) is 16.3 Å². The molecule has 11 nitrogen and oxygen atoms in total. The van der Waals surface area contributed by atoms with Gasteiger partial charge in [0.1, 0.15) is 5.75 Å². The smallest absolute Gasteiger partial charge is 0.264 e. The molecular formula is C41H58ClN5O6S2. The molecule has 0 unspecified atom stereocenters. The molecule has 0 radical (unpaired) electrons. The number of halogens is 1. The first-order valence-electron chi connectivity index (χ1n) is 20.5. The summed E-state index contributed by atoms with van der Waals surface area (Å²) in [4.78, 5) is 21.2. The summed E-state index contributed by atoms with van der Waals surface area (Å²) in [6.07, 6.45) is 9.30. The van der Waals surface area contributed by atoms with E-state index in [1.54, 1.807) is 17.3 Å². The number of nitrogens with zero attached hydrogens (tertiary/aromatic N) is 4. The number of piperazine rings is 2. The number of nitrogens with one attached hydrogen (secondary N) is 1. The Hall–Kier alpha value is -2.42. The molecule has 6 aliphatic rings. The fourth-order valence-electron chi connectivity index (χ4n) is 10.7. The zero-order valence-electron chi connectivity index (χ0n) is 32.6. The number of sulfonamides is 2. The van der Waals surface area contributed by atoms with Crippen molar-refractivity contribution in [2.45, 2.75) is 81.9 Å². The van der Waals surface area contributed by atoms with Crippen molar-refractivity contribution < 1.29 is 26.4 Å². The van der Waals surface area contributed by atoms with E-state index in [9.17, 15) is 21.6 Å². The highest BCUT2D eigenvalue weighted by atomic mass is 35.5. The predicted molar refractivity (Wildman–Crippen MR) is 217 cm³/mol. The Labute approximate surface area is 333 Å². The molecule has 14 heteroatoms. The molecule has 4 heterocycles. The van der Waals surface area contributed by atoms with Crippen LogP contribution in [0.25, 0.3) is 0 Å². The van der Waals surface area contributed by atoms with Gasteiger partial charge in [0.25, 0.3) is 5.91 Å². The van der Waals surface area contributed by atoms with E-state index in [1.165, 1.54) is 17.4 Å². The van der Waals surface area contributed by atoms with Gasteiger partial charge >= 0.3 is 0 Å². The van der Waals surface area contributed by atoms with Gasteiger partial charge in [-0.15, -0.1) is 0 Å². The van der Waals surface area contributed by atoms with Gasteiger partial charge in [-0.1, -0.05) is 31.0 Å². The number of carbonyl (C=O) groups is 1. The normalized spacial score (nSPS) is 33.6. The van der Waals surface area contributed by atoms with Gasteiger partial charge in [0.05, 0.1) is 23.8 Å². The number of amides is 1. The summed E-state index contributed by atoms with van der Waals surface area (Å²) < 4.78 is 62.9. The van der Waals surface area contributed by atoms with E-state index in [0.29, 0.717) is 43.0 Å². The van der Waals surface area contributed by atoms with Gasteiger partial charge in [-0.2, -0.15) is 4.31 Å². The molecular weight excluding hydrogens is 758 g/mol. The average molecular weight is 817 g/mol. The van der Waals surface area contributed by atoms with Crippen molar-refractivity contribution in [3.63, 3.8) is 0 Å². The summed E-state index contributed by atoms with van der Waals surface area (Å²) >= 11 is 6.50. The highest BCUT2D eigenvalue weighted by molar-refractivity contribution is 7.90. The molecule has 55 heavy (non-hydrogen) atoms. The number of hydrogen-bond acceptors (Lipinski definition) is 9. The van der Waals surface area contributed by atoms with Gasteiger partial charge in [0.15, 0.2) is 0 Å². The zero-order valence-corrected chi connectivity index (χ0v) is 35.0. The summed E-state index contributed by atoms with van der Waals surface area (Å²) in [5, 5.41) is 0.0192. The van der Waals surface area contributed by atoms with Crippen molar-refractivity contribution in [1.29, 1.82) is 0 Å². The summed E-state index contributed by atoms with van der Waals surface area (Å²) in [7, 11) is -7.16. The number of ether oxygens (including phenoxy) is 1. The van der Waals surface area contributed by atoms with Crippen molar-refractivity contribution in [1.82, 2.24) is 18.8 Å². The second kappa shape index (κ2) is 15.4. The first kappa shape index (κ1) is 39.4. The lowest BCUT2D eigenvalue weighted by molar-refractivity contribution is 0.00865. The standard InChI is InChI=1S/C41H58ClN5O6S2/c1-28-6-4-7-32(22-44-16-17-45-18-19-47(54(3,49)50)25-35(45)24-44)36-12-9-33(36)23-46-26-41(15-5-8-30-20-34(42)11-13-37(30)41)27-53-39-14-10-31(21-38(39)46)40(48)43-55(51,52)29(28)2/h10-11,13-14,20-21,28-29,32-33,35-36H,4-9,12,15-19,22-27H2,1-3H3,(H,43,48)/t28-,29+,32+,33-,35-,36-,41-/m0/s1.